The second-order valence-electron chi connectivity index (χ2n) is 4.27. The first kappa shape index (κ1) is 13.0. The molecule has 0 N–H and O–H groups in total. The lowest BCUT2D eigenvalue weighted by atomic mass is 10.1. The first-order valence-electron chi connectivity index (χ1n) is 6.05. The van der Waals surface area contributed by atoms with Crippen LogP contribution < -0.4 is 4.74 Å². The second-order valence-corrected chi connectivity index (χ2v) is 5.25. The number of thioether (sulfide) groups is 1. The van der Waals surface area contributed by atoms with E-state index >= 15 is 0 Å². The van der Waals surface area contributed by atoms with Gasteiger partial charge in [0, 0.05) is 11.5 Å². The van der Waals surface area contributed by atoms with Crippen LogP contribution in [-0.2, 0) is 11.5 Å². The van der Waals surface area contributed by atoms with Gasteiger partial charge in [-0.2, -0.15) is 11.8 Å². The lowest BCUT2D eigenvalue weighted by Crippen LogP contribution is -1.87. The van der Waals surface area contributed by atoms with Crippen molar-refractivity contribution in [3.8, 4) is 5.75 Å². The third-order valence-corrected chi connectivity index (χ3v) is 4.00. The highest BCUT2D eigenvalue weighted by atomic mass is 32.2. The molecule has 0 amide bonds. The predicted molar refractivity (Wildman–Crippen MR) is 79.2 cm³/mol. The highest BCUT2D eigenvalue weighted by Crippen LogP contribution is 2.21. The first-order valence-corrected chi connectivity index (χ1v) is 7.20. The molecule has 0 aliphatic heterocycles. The molecule has 1 nitrogen and oxygen atoms in total. The van der Waals surface area contributed by atoms with Crippen molar-refractivity contribution < 1.29 is 4.74 Å². The Morgan fingerprint density at radius 1 is 0.944 bits per heavy atom. The van der Waals surface area contributed by atoms with E-state index in [1.165, 1.54) is 16.7 Å². The van der Waals surface area contributed by atoms with Crippen LogP contribution in [0.3, 0.4) is 0 Å². The molecule has 0 saturated carbocycles. The minimum Gasteiger partial charge on any atom is -0.497 e. The molecule has 2 rings (SSSR count). The SMILES string of the molecule is COc1ccc(CSCc2ccccc2C)cc1. The number of aryl methyl sites for hydroxylation is 1. The third kappa shape index (κ3) is 3.54. The summed E-state index contributed by atoms with van der Waals surface area (Å²) in [5.74, 6) is 3.03. The molecule has 18 heavy (non-hydrogen) atoms. The van der Waals surface area contributed by atoms with Crippen LogP contribution >= 0.6 is 11.8 Å². The lowest BCUT2D eigenvalue weighted by Gasteiger charge is -2.06. The molecular weight excluding hydrogens is 240 g/mol. The van der Waals surface area contributed by atoms with Crippen LogP contribution in [-0.4, -0.2) is 7.11 Å². The lowest BCUT2D eigenvalue weighted by molar-refractivity contribution is 0.414. The molecular formula is C16H18OS. The monoisotopic (exact) mass is 258 g/mol. The standard InChI is InChI=1S/C16H18OS/c1-13-5-3-4-6-15(13)12-18-11-14-7-9-16(17-2)10-8-14/h3-10H,11-12H2,1-2H3. The van der Waals surface area contributed by atoms with E-state index in [1.807, 2.05) is 23.9 Å². The molecule has 0 heterocycles. The molecule has 2 aromatic rings. The summed E-state index contributed by atoms with van der Waals surface area (Å²) in [5, 5.41) is 0. The van der Waals surface area contributed by atoms with E-state index in [0.717, 1.165) is 17.3 Å². The van der Waals surface area contributed by atoms with Crippen LogP contribution in [0.15, 0.2) is 48.5 Å². The quantitative estimate of drug-likeness (QED) is 0.784. The number of hydrogen-bond donors (Lipinski definition) is 0. The highest BCUT2D eigenvalue weighted by Gasteiger charge is 1.99. The molecule has 0 fully saturated rings. The van der Waals surface area contributed by atoms with Gasteiger partial charge in [-0.3, -0.25) is 0 Å². The van der Waals surface area contributed by atoms with Crippen molar-refractivity contribution in [2.75, 3.05) is 7.11 Å². The second kappa shape index (κ2) is 6.50. The molecule has 2 aromatic carbocycles. The normalized spacial score (nSPS) is 10.3. The minimum absolute atomic E-state index is 0.919. The van der Waals surface area contributed by atoms with E-state index in [0.29, 0.717) is 0 Å². The van der Waals surface area contributed by atoms with Crippen LogP contribution in [0.2, 0.25) is 0 Å². The Balaban J connectivity index is 1.86. The van der Waals surface area contributed by atoms with Gasteiger partial charge < -0.3 is 4.74 Å². The smallest absolute Gasteiger partial charge is 0.118 e. The summed E-state index contributed by atoms with van der Waals surface area (Å²) in [6.07, 6.45) is 0. The zero-order valence-electron chi connectivity index (χ0n) is 10.8. The van der Waals surface area contributed by atoms with Gasteiger partial charge in [-0.25, -0.2) is 0 Å². The van der Waals surface area contributed by atoms with Crippen LogP contribution in [0.25, 0.3) is 0 Å². The van der Waals surface area contributed by atoms with Crippen LogP contribution in [0.1, 0.15) is 16.7 Å². The molecule has 2 heteroatoms. The molecule has 0 bridgehead atoms. The van der Waals surface area contributed by atoms with Gasteiger partial charge in [0.2, 0.25) is 0 Å². The fraction of sp³-hybridized carbons (Fsp3) is 0.250. The number of hydrogen-bond acceptors (Lipinski definition) is 2. The summed E-state index contributed by atoms with van der Waals surface area (Å²) in [5.41, 5.74) is 4.14. The van der Waals surface area contributed by atoms with Crippen LogP contribution in [0.5, 0.6) is 5.75 Å². The van der Waals surface area contributed by atoms with E-state index in [-0.39, 0.29) is 0 Å². The maximum absolute atomic E-state index is 5.15. The average Bonchev–Trinajstić information content (AvgIpc) is 2.42. The van der Waals surface area contributed by atoms with Gasteiger partial charge in [-0.1, -0.05) is 36.4 Å². The fourth-order valence-electron chi connectivity index (χ4n) is 1.77. The van der Waals surface area contributed by atoms with Crippen molar-refractivity contribution >= 4 is 11.8 Å². The predicted octanol–water partition coefficient (Wildman–Crippen LogP) is 4.44. The molecule has 0 atom stereocenters. The van der Waals surface area contributed by atoms with E-state index in [9.17, 15) is 0 Å². The van der Waals surface area contributed by atoms with Crippen molar-refractivity contribution in [3.63, 3.8) is 0 Å². The largest absolute Gasteiger partial charge is 0.497 e. The van der Waals surface area contributed by atoms with E-state index in [1.54, 1.807) is 7.11 Å². The average molecular weight is 258 g/mol. The number of benzene rings is 2. The Morgan fingerprint density at radius 2 is 1.67 bits per heavy atom. The van der Waals surface area contributed by atoms with Gasteiger partial charge in [0.05, 0.1) is 7.11 Å². The van der Waals surface area contributed by atoms with Crippen LogP contribution in [0.4, 0.5) is 0 Å². The molecule has 0 spiro atoms. The van der Waals surface area contributed by atoms with Gasteiger partial charge in [-0.15, -0.1) is 0 Å². The van der Waals surface area contributed by atoms with Gasteiger partial charge in [-0.05, 0) is 35.7 Å². The maximum atomic E-state index is 5.15. The Bertz CT molecular complexity index is 491. The number of rotatable bonds is 5. The zero-order valence-corrected chi connectivity index (χ0v) is 11.7. The fourth-order valence-corrected chi connectivity index (χ4v) is 2.85. The summed E-state index contributed by atoms with van der Waals surface area (Å²) in [7, 11) is 1.70. The Hall–Kier alpha value is -1.41. The summed E-state index contributed by atoms with van der Waals surface area (Å²) in [4.78, 5) is 0. The molecule has 0 unspecified atom stereocenters. The van der Waals surface area contributed by atoms with Gasteiger partial charge >= 0.3 is 0 Å². The number of methoxy groups -OCH3 is 1. The summed E-state index contributed by atoms with van der Waals surface area (Å²) >= 11 is 1.95. The van der Waals surface area contributed by atoms with Gasteiger partial charge in [0.15, 0.2) is 0 Å². The van der Waals surface area contributed by atoms with E-state index < -0.39 is 0 Å². The van der Waals surface area contributed by atoms with E-state index in [4.69, 9.17) is 4.74 Å². The first-order chi connectivity index (χ1) is 8.79. The Kier molecular flexibility index (Phi) is 4.71. The topological polar surface area (TPSA) is 9.23 Å². The summed E-state index contributed by atoms with van der Waals surface area (Å²) < 4.78 is 5.15. The van der Waals surface area contributed by atoms with E-state index in [2.05, 4.69) is 43.3 Å². The summed E-state index contributed by atoms with van der Waals surface area (Å²) in [6, 6.07) is 16.9. The van der Waals surface area contributed by atoms with Crippen molar-refractivity contribution in [1.82, 2.24) is 0 Å². The van der Waals surface area contributed by atoms with Crippen molar-refractivity contribution in [3.05, 3.63) is 65.2 Å². The van der Waals surface area contributed by atoms with Crippen molar-refractivity contribution in [1.29, 1.82) is 0 Å². The van der Waals surface area contributed by atoms with Gasteiger partial charge in [0.1, 0.15) is 5.75 Å². The zero-order chi connectivity index (χ0) is 12.8. The Labute approximate surface area is 113 Å². The Morgan fingerprint density at radius 3 is 2.33 bits per heavy atom. The molecule has 94 valence electrons. The molecule has 0 radical (unpaired) electrons. The van der Waals surface area contributed by atoms with Crippen LogP contribution in [0, 0.1) is 6.92 Å². The van der Waals surface area contributed by atoms with Crippen molar-refractivity contribution in [2.24, 2.45) is 0 Å². The van der Waals surface area contributed by atoms with Crippen molar-refractivity contribution in [2.45, 2.75) is 18.4 Å². The third-order valence-electron chi connectivity index (χ3n) is 2.95. The highest BCUT2D eigenvalue weighted by molar-refractivity contribution is 7.97. The molecule has 0 aliphatic carbocycles. The van der Waals surface area contributed by atoms with Gasteiger partial charge in [0.25, 0.3) is 0 Å². The minimum atomic E-state index is 0.919. The molecule has 0 aromatic heterocycles. The summed E-state index contributed by atoms with van der Waals surface area (Å²) in [6.45, 7) is 2.17. The molecule has 0 aliphatic rings. The molecule has 0 saturated heterocycles. The maximum Gasteiger partial charge on any atom is 0.118 e. The number of ether oxygens (including phenoxy) is 1.